The van der Waals surface area contributed by atoms with Crippen molar-refractivity contribution in [3.63, 3.8) is 0 Å². The first-order valence-corrected chi connectivity index (χ1v) is 24.3. The average Bonchev–Trinajstić information content (AvgIpc) is 3.17. The monoisotopic (exact) mass is 779 g/mol. The Morgan fingerprint density at radius 2 is 0.691 bits per heavy atom. The zero-order chi connectivity index (χ0) is 40.5. The van der Waals surface area contributed by atoms with Crippen molar-refractivity contribution in [2.75, 3.05) is 13.2 Å². The van der Waals surface area contributed by atoms with Gasteiger partial charge in [-0.15, -0.1) is 0 Å². The third-order valence-corrected chi connectivity index (χ3v) is 11.3. The van der Waals surface area contributed by atoms with Gasteiger partial charge in [-0.05, 0) is 31.1 Å². The SMILES string of the molecule is CCCCCCCCCCCC(=O)OC[C@@H](COC(=O)CCCCCCCCCCCCCCCC(C)C)OC(=O)CCCCCCCCCCC(C)CC. The molecule has 1 unspecified atom stereocenters. The smallest absolute Gasteiger partial charge is 0.306 e. The quantitative estimate of drug-likeness (QED) is 0.0348. The Balaban J connectivity index is 4.28. The van der Waals surface area contributed by atoms with Gasteiger partial charge >= 0.3 is 17.9 Å². The Bertz CT molecular complexity index is 841. The van der Waals surface area contributed by atoms with E-state index < -0.39 is 6.10 Å². The molecule has 0 saturated heterocycles. The Labute approximate surface area is 342 Å². The molecule has 55 heavy (non-hydrogen) atoms. The highest BCUT2D eigenvalue weighted by atomic mass is 16.6. The Kier molecular flexibility index (Phi) is 40.8. The molecular formula is C49H94O6. The minimum atomic E-state index is -0.760. The zero-order valence-corrected chi connectivity index (χ0v) is 37.6. The number of esters is 3. The van der Waals surface area contributed by atoms with Gasteiger partial charge in [-0.3, -0.25) is 14.4 Å². The van der Waals surface area contributed by atoms with E-state index in [1.54, 1.807) is 0 Å². The minimum Gasteiger partial charge on any atom is -0.462 e. The maximum Gasteiger partial charge on any atom is 0.306 e. The number of hydrogen-bond acceptors (Lipinski definition) is 6. The molecule has 326 valence electrons. The second kappa shape index (κ2) is 42.0. The summed E-state index contributed by atoms with van der Waals surface area (Å²) < 4.78 is 16.7. The first-order chi connectivity index (χ1) is 26.8. The van der Waals surface area contributed by atoms with E-state index in [2.05, 4.69) is 34.6 Å². The van der Waals surface area contributed by atoms with E-state index in [0.717, 1.165) is 69.6 Å². The predicted molar refractivity (Wildman–Crippen MR) is 233 cm³/mol. The van der Waals surface area contributed by atoms with Crippen LogP contribution in [0.4, 0.5) is 0 Å². The van der Waals surface area contributed by atoms with Crippen LogP contribution in [0.5, 0.6) is 0 Å². The Morgan fingerprint density at radius 3 is 1.04 bits per heavy atom. The van der Waals surface area contributed by atoms with E-state index in [4.69, 9.17) is 14.2 Å². The van der Waals surface area contributed by atoms with Crippen LogP contribution in [-0.4, -0.2) is 37.2 Å². The second-order valence-corrected chi connectivity index (χ2v) is 17.5. The molecule has 0 aliphatic heterocycles. The van der Waals surface area contributed by atoms with Crippen molar-refractivity contribution >= 4 is 17.9 Å². The lowest BCUT2D eigenvalue weighted by molar-refractivity contribution is -0.167. The summed E-state index contributed by atoms with van der Waals surface area (Å²) in [4.78, 5) is 37.8. The molecule has 0 aromatic rings. The van der Waals surface area contributed by atoms with E-state index in [-0.39, 0.29) is 31.1 Å². The van der Waals surface area contributed by atoms with Crippen LogP contribution in [0, 0.1) is 11.8 Å². The molecule has 0 radical (unpaired) electrons. The molecule has 2 atom stereocenters. The molecule has 0 aromatic heterocycles. The molecule has 0 spiro atoms. The number of carbonyl (C=O) groups excluding carboxylic acids is 3. The lowest BCUT2D eigenvalue weighted by atomic mass is 9.99. The first kappa shape index (κ1) is 53.4. The molecule has 0 rings (SSSR count). The van der Waals surface area contributed by atoms with E-state index >= 15 is 0 Å². The van der Waals surface area contributed by atoms with Gasteiger partial charge in [0, 0.05) is 19.3 Å². The van der Waals surface area contributed by atoms with Crippen LogP contribution in [0.15, 0.2) is 0 Å². The molecule has 0 fully saturated rings. The third-order valence-electron chi connectivity index (χ3n) is 11.3. The molecule has 0 amide bonds. The summed E-state index contributed by atoms with van der Waals surface area (Å²) in [6.07, 6.45) is 40.8. The van der Waals surface area contributed by atoms with Crippen molar-refractivity contribution in [1.82, 2.24) is 0 Å². The van der Waals surface area contributed by atoms with Gasteiger partial charge < -0.3 is 14.2 Å². The average molecular weight is 779 g/mol. The molecule has 0 aliphatic carbocycles. The van der Waals surface area contributed by atoms with Crippen LogP contribution >= 0.6 is 0 Å². The maximum atomic E-state index is 12.7. The number of hydrogen-bond donors (Lipinski definition) is 0. The summed E-state index contributed by atoms with van der Waals surface area (Å²) in [5.74, 6) is 0.828. The van der Waals surface area contributed by atoms with Crippen LogP contribution in [0.25, 0.3) is 0 Å². The van der Waals surface area contributed by atoms with E-state index in [0.29, 0.717) is 19.3 Å². The normalized spacial score (nSPS) is 12.5. The Hall–Kier alpha value is -1.59. The van der Waals surface area contributed by atoms with E-state index in [9.17, 15) is 14.4 Å². The van der Waals surface area contributed by atoms with Crippen molar-refractivity contribution in [3.8, 4) is 0 Å². The van der Waals surface area contributed by atoms with Crippen molar-refractivity contribution < 1.29 is 28.6 Å². The summed E-state index contributed by atoms with van der Waals surface area (Å²) >= 11 is 0. The number of carbonyl (C=O) groups is 3. The van der Waals surface area contributed by atoms with Gasteiger partial charge in [-0.2, -0.15) is 0 Å². The van der Waals surface area contributed by atoms with Crippen LogP contribution < -0.4 is 0 Å². The lowest BCUT2D eigenvalue weighted by Crippen LogP contribution is -2.30. The van der Waals surface area contributed by atoms with Gasteiger partial charge in [0.2, 0.25) is 0 Å². The molecule has 6 heteroatoms. The van der Waals surface area contributed by atoms with Gasteiger partial charge in [-0.25, -0.2) is 0 Å². The van der Waals surface area contributed by atoms with Gasteiger partial charge in [0.1, 0.15) is 13.2 Å². The topological polar surface area (TPSA) is 78.9 Å². The molecular weight excluding hydrogens is 685 g/mol. The highest BCUT2D eigenvalue weighted by Gasteiger charge is 2.19. The molecule has 0 bridgehead atoms. The summed E-state index contributed by atoms with van der Waals surface area (Å²) in [5, 5.41) is 0. The standard InChI is InChI=1S/C49H94O6/c1-6-8-9-10-11-17-24-29-34-39-47(50)53-42-46(55-49(52)41-36-31-26-21-20-23-28-33-38-45(5)7-2)43-54-48(51)40-35-30-25-19-16-14-12-13-15-18-22-27-32-37-44(3)4/h44-46H,6-43H2,1-5H3/t45?,46-/m0/s1. The highest BCUT2D eigenvalue weighted by Crippen LogP contribution is 2.17. The molecule has 0 N–H and O–H groups in total. The Morgan fingerprint density at radius 1 is 0.382 bits per heavy atom. The van der Waals surface area contributed by atoms with Gasteiger partial charge in [-0.1, -0.05) is 227 Å². The van der Waals surface area contributed by atoms with E-state index in [1.165, 1.54) is 154 Å². The zero-order valence-electron chi connectivity index (χ0n) is 37.6. The van der Waals surface area contributed by atoms with Gasteiger partial charge in [0.05, 0.1) is 0 Å². The number of ether oxygens (including phenoxy) is 3. The molecule has 0 heterocycles. The highest BCUT2D eigenvalue weighted by molar-refractivity contribution is 5.71. The van der Waals surface area contributed by atoms with Crippen molar-refractivity contribution in [3.05, 3.63) is 0 Å². The summed E-state index contributed by atoms with van der Waals surface area (Å²) in [7, 11) is 0. The lowest BCUT2D eigenvalue weighted by Gasteiger charge is -2.18. The maximum absolute atomic E-state index is 12.7. The molecule has 6 nitrogen and oxygen atoms in total. The fourth-order valence-corrected chi connectivity index (χ4v) is 7.25. The first-order valence-electron chi connectivity index (χ1n) is 24.3. The summed E-state index contributed by atoms with van der Waals surface area (Å²) in [5.41, 5.74) is 0. The predicted octanol–water partition coefficient (Wildman–Crippen LogP) is 15.4. The van der Waals surface area contributed by atoms with Crippen molar-refractivity contribution in [1.29, 1.82) is 0 Å². The van der Waals surface area contributed by atoms with E-state index in [1.807, 2.05) is 0 Å². The number of unbranched alkanes of at least 4 members (excludes halogenated alkanes) is 27. The summed E-state index contributed by atoms with van der Waals surface area (Å²) in [6.45, 7) is 11.3. The number of rotatable bonds is 43. The third kappa shape index (κ3) is 41.9. The minimum absolute atomic E-state index is 0.0646. The molecule has 0 saturated carbocycles. The van der Waals surface area contributed by atoms with Crippen LogP contribution in [0.2, 0.25) is 0 Å². The fourth-order valence-electron chi connectivity index (χ4n) is 7.25. The van der Waals surface area contributed by atoms with Gasteiger partial charge in [0.15, 0.2) is 6.10 Å². The van der Waals surface area contributed by atoms with Crippen molar-refractivity contribution in [2.45, 2.75) is 272 Å². The van der Waals surface area contributed by atoms with Crippen LogP contribution in [0.3, 0.4) is 0 Å². The molecule has 0 aromatic carbocycles. The second-order valence-electron chi connectivity index (χ2n) is 17.5. The molecule has 0 aliphatic rings. The summed E-state index contributed by atoms with van der Waals surface area (Å²) in [6, 6.07) is 0. The van der Waals surface area contributed by atoms with Crippen LogP contribution in [-0.2, 0) is 28.6 Å². The largest absolute Gasteiger partial charge is 0.462 e. The van der Waals surface area contributed by atoms with Crippen LogP contribution in [0.1, 0.15) is 266 Å². The fraction of sp³-hybridized carbons (Fsp3) is 0.939. The van der Waals surface area contributed by atoms with Crippen molar-refractivity contribution in [2.24, 2.45) is 11.8 Å². The van der Waals surface area contributed by atoms with Gasteiger partial charge in [0.25, 0.3) is 0 Å².